The van der Waals surface area contributed by atoms with Crippen molar-refractivity contribution < 1.29 is 19.2 Å². The van der Waals surface area contributed by atoms with Crippen LogP contribution >= 0.6 is 0 Å². The highest BCUT2D eigenvalue weighted by atomic mass is 16.2. The van der Waals surface area contributed by atoms with Crippen molar-refractivity contribution in [2.45, 2.75) is 38.3 Å². The summed E-state index contributed by atoms with van der Waals surface area (Å²) >= 11 is 0. The van der Waals surface area contributed by atoms with Crippen molar-refractivity contribution in [3.05, 3.63) is 58.6 Å². The number of carbonyl (C=O) groups is 4. The van der Waals surface area contributed by atoms with Crippen LogP contribution < -0.4 is 10.2 Å². The van der Waals surface area contributed by atoms with Gasteiger partial charge in [-0.15, -0.1) is 0 Å². The highest BCUT2D eigenvalue weighted by Crippen LogP contribution is 2.43. The van der Waals surface area contributed by atoms with Crippen molar-refractivity contribution in [3.8, 4) is 0 Å². The van der Waals surface area contributed by atoms with Gasteiger partial charge in [0.2, 0.25) is 17.6 Å². The number of anilines is 1. The SMILES string of the molecule is [C-]#[N+]c1ccc(C(=O)N2CCC3(CC2)CN(c2ccc4c(c2)CN(C2CCC(=O)NC2=O)C4=O)C3)[nH]1. The van der Waals surface area contributed by atoms with Crippen molar-refractivity contribution in [1.82, 2.24) is 20.1 Å². The highest BCUT2D eigenvalue weighted by molar-refractivity contribution is 6.05. The lowest BCUT2D eigenvalue weighted by molar-refractivity contribution is -0.136. The van der Waals surface area contributed by atoms with Gasteiger partial charge in [0.15, 0.2) is 5.69 Å². The third-order valence-corrected chi connectivity index (χ3v) is 8.06. The molecule has 3 saturated heterocycles. The Morgan fingerprint density at radius 3 is 2.56 bits per heavy atom. The number of nitrogens with zero attached hydrogens (tertiary/aromatic N) is 4. The second kappa shape index (κ2) is 8.22. The second-order valence-corrected chi connectivity index (χ2v) is 10.3. The first-order valence-electron chi connectivity index (χ1n) is 12.2. The molecule has 10 nitrogen and oxygen atoms in total. The molecule has 0 saturated carbocycles. The summed E-state index contributed by atoms with van der Waals surface area (Å²) in [7, 11) is 0. The fourth-order valence-corrected chi connectivity index (χ4v) is 5.95. The lowest BCUT2D eigenvalue weighted by Gasteiger charge is -2.55. The van der Waals surface area contributed by atoms with E-state index in [1.54, 1.807) is 17.0 Å². The smallest absolute Gasteiger partial charge is 0.292 e. The van der Waals surface area contributed by atoms with Crippen molar-refractivity contribution in [3.63, 3.8) is 0 Å². The number of fused-ring (bicyclic) bond motifs is 1. The Labute approximate surface area is 208 Å². The number of piperidine rings is 2. The van der Waals surface area contributed by atoms with E-state index >= 15 is 0 Å². The van der Waals surface area contributed by atoms with E-state index in [9.17, 15) is 19.2 Å². The van der Waals surface area contributed by atoms with Crippen LogP contribution in [0.4, 0.5) is 11.5 Å². The van der Waals surface area contributed by atoms with E-state index in [0.29, 0.717) is 43.1 Å². The maximum absolute atomic E-state index is 12.9. The van der Waals surface area contributed by atoms with Gasteiger partial charge in [0.1, 0.15) is 6.04 Å². The van der Waals surface area contributed by atoms with E-state index in [1.807, 2.05) is 23.1 Å². The first-order chi connectivity index (χ1) is 17.4. The zero-order valence-corrected chi connectivity index (χ0v) is 19.7. The van der Waals surface area contributed by atoms with E-state index in [0.717, 1.165) is 37.2 Å². The molecule has 1 spiro atoms. The number of likely N-dealkylation sites (tertiary alicyclic amines) is 1. The summed E-state index contributed by atoms with van der Waals surface area (Å²) < 4.78 is 0. The summed E-state index contributed by atoms with van der Waals surface area (Å²) in [6, 6.07) is 8.56. The van der Waals surface area contributed by atoms with Crippen LogP contribution in [0.1, 0.15) is 52.1 Å². The third kappa shape index (κ3) is 3.63. The van der Waals surface area contributed by atoms with Gasteiger partial charge in [-0.3, -0.25) is 24.5 Å². The number of hydrogen-bond acceptors (Lipinski definition) is 5. The zero-order valence-electron chi connectivity index (χ0n) is 19.7. The number of aromatic nitrogens is 1. The monoisotopic (exact) mass is 486 g/mol. The predicted molar refractivity (Wildman–Crippen MR) is 129 cm³/mol. The molecule has 4 aliphatic rings. The standard InChI is InChI=1S/C26H26N6O4/c1-27-21-6-4-19(28-21)25(36)30-10-8-26(9-11-30)14-31(15-26)17-2-3-18-16(12-17)13-32(24(18)35)20-5-7-22(33)29-23(20)34/h2-4,6,12,20,28H,5,7-11,13-15H2,(H,29,33,34). The molecule has 1 atom stereocenters. The largest absolute Gasteiger partial charge is 0.370 e. The number of imide groups is 1. The molecule has 0 aliphatic carbocycles. The van der Waals surface area contributed by atoms with Crippen molar-refractivity contribution in [2.24, 2.45) is 5.41 Å². The maximum Gasteiger partial charge on any atom is 0.292 e. The average Bonchev–Trinajstić information content (AvgIpc) is 3.47. The fraction of sp³-hybridized carbons (Fsp3) is 0.423. The normalized spacial score (nSPS) is 22.8. The van der Waals surface area contributed by atoms with Gasteiger partial charge in [-0.1, -0.05) is 6.57 Å². The van der Waals surface area contributed by atoms with Crippen molar-refractivity contribution >= 4 is 35.1 Å². The number of carbonyl (C=O) groups excluding carboxylic acids is 4. The third-order valence-electron chi connectivity index (χ3n) is 8.06. The molecule has 1 unspecified atom stereocenters. The van der Waals surface area contributed by atoms with Crippen LogP contribution in [-0.2, 0) is 16.1 Å². The van der Waals surface area contributed by atoms with Crippen molar-refractivity contribution in [1.29, 1.82) is 0 Å². The van der Waals surface area contributed by atoms with Gasteiger partial charge in [-0.2, -0.15) is 0 Å². The molecule has 184 valence electrons. The quantitative estimate of drug-likeness (QED) is 0.510. The minimum atomic E-state index is -0.606. The zero-order chi connectivity index (χ0) is 25.0. The van der Waals surface area contributed by atoms with Gasteiger partial charge in [-0.25, -0.2) is 0 Å². The fourth-order valence-electron chi connectivity index (χ4n) is 5.95. The first-order valence-corrected chi connectivity index (χ1v) is 12.2. The molecule has 4 aliphatic heterocycles. The molecule has 3 fully saturated rings. The van der Waals surface area contributed by atoms with Crippen LogP contribution in [-0.4, -0.2) is 70.6 Å². The number of H-pyrrole nitrogens is 1. The molecule has 0 radical (unpaired) electrons. The predicted octanol–water partition coefficient (Wildman–Crippen LogP) is 2.07. The molecule has 6 rings (SSSR count). The van der Waals surface area contributed by atoms with Gasteiger partial charge >= 0.3 is 0 Å². The van der Waals surface area contributed by atoms with Gasteiger partial charge < -0.3 is 24.5 Å². The number of rotatable bonds is 3. The average molecular weight is 487 g/mol. The number of aromatic amines is 1. The lowest BCUT2D eigenvalue weighted by atomic mass is 9.71. The van der Waals surface area contributed by atoms with Gasteiger partial charge in [0.25, 0.3) is 11.8 Å². The Balaban J connectivity index is 1.07. The molecule has 36 heavy (non-hydrogen) atoms. The number of benzene rings is 1. The summed E-state index contributed by atoms with van der Waals surface area (Å²) in [6.07, 6.45) is 2.46. The molecule has 2 aromatic rings. The molecular formula is C26H26N6O4. The first kappa shape index (κ1) is 22.3. The second-order valence-electron chi connectivity index (χ2n) is 10.3. The molecule has 1 aromatic carbocycles. The Kier molecular flexibility index (Phi) is 5.10. The molecule has 0 bridgehead atoms. The van der Waals surface area contributed by atoms with Crippen LogP contribution in [0, 0.1) is 12.0 Å². The van der Waals surface area contributed by atoms with E-state index in [1.165, 1.54) is 0 Å². The van der Waals surface area contributed by atoms with E-state index < -0.39 is 11.9 Å². The van der Waals surface area contributed by atoms with Gasteiger partial charge in [0, 0.05) is 55.8 Å². The van der Waals surface area contributed by atoms with Crippen LogP contribution in [0.2, 0.25) is 0 Å². The number of nitrogens with one attached hydrogen (secondary N) is 2. The topological polar surface area (TPSA) is 110 Å². The van der Waals surface area contributed by atoms with Crippen LogP contribution in [0.3, 0.4) is 0 Å². The minimum absolute atomic E-state index is 0.0558. The number of hydrogen-bond donors (Lipinski definition) is 2. The minimum Gasteiger partial charge on any atom is -0.370 e. The van der Waals surface area contributed by atoms with E-state index in [4.69, 9.17) is 6.57 Å². The summed E-state index contributed by atoms with van der Waals surface area (Å²) in [5.74, 6) is -0.528. The van der Waals surface area contributed by atoms with Gasteiger partial charge in [0.05, 0.1) is 0 Å². The van der Waals surface area contributed by atoms with E-state index in [-0.39, 0.29) is 29.6 Å². The molecule has 5 heterocycles. The maximum atomic E-state index is 12.9. The lowest BCUT2D eigenvalue weighted by Crippen LogP contribution is -2.61. The summed E-state index contributed by atoms with van der Waals surface area (Å²) in [6.45, 7) is 10.6. The number of amides is 4. The Bertz CT molecular complexity index is 1320. The Hall–Kier alpha value is -4.13. The van der Waals surface area contributed by atoms with E-state index in [2.05, 4.69) is 20.0 Å². The van der Waals surface area contributed by atoms with Crippen LogP contribution in [0.15, 0.2) is 30.3 Å². The highest BCUT2D eigenvalue weighted by Gasteiger charge is 2.46. The molecule has 4 amide bonds. The molecule has 10 heteroatoms. The molecule has 2 N–H and O–H groups in total. The molecular weight excluding hydrogens is 460 g/mol. The van der Waals surface area contributed by atoms with Crippen LogP contribution in [0.5, 0.6) is 0 Å². The summed E-state index contributed by atoms with van der Waals surface area (Å²) in [5, 5.41) is 2.34. The van der Waals surface area contributed by atoms with Crippen LogP contribution in [0.25, 0.3) is 4.85 Å². The van der Waals surface area contributed by atoms with Gasteiger partial charge in [-0.05, 0) is 55.2 Å². The van der Waals surface area contributed by atoms with Crippen molar-refractivity contribution in [2.75, 3.05) is 31.1 Å². The molecule has 1 aromatic heterocycles. The summed E-state index contributed by atoms with van der Waals surface area (Å²) in [4.78, 5) is 61.4. The Morgan fingerprint density at radius 1 is 1.08 bits per heavy atom. The summed E-state index contributed by atoms with van der Waals surface area (Å²) in [5.41, 5.74) is 3.24. The Morgan fingerprint density at radius 2 is 1.86 bits per heavy atom.